The smallest absolute Gasteiger partial charge is 0.255 e. The molecule has 0 aromatic heterocycles. The predicted octanol–water partition coefficient (Wildman–Crippen LogP) is 5.24. The van der Waals surface area contributed by atoms with Crippen molar-refractivity contribution in [2.45, 2.75) is 20.5 Å². The van der Waals surface area contributed by atoms with E-state index in [0.717, 1.165) is 16.9 Å². The molecule has 1 N–H and O–H groups in total. The van der Waals surface area contributed by atoms with E-state index >= 15 is 0 Å². The van der Waals surface area contributed by atoms with Crippen LogP contribution in [0.4, 0.5) is 5.69 Å². The van der Waals surface area contributed by atoms with Gasteiger partial charge in [-0.2, -0.15) is 0 Å². The maximum absolute atomic E-state index is 12.9. The number of carbonyl (C=O) groups is 1. The lowest BCUT2D eigenvalue weighted by Crippen LogP contribution is -2.13. The van der Waals surface area contributed by atoms with E-state index in [0.29, 0.717) is 35.1 Å². The summed E-state index contributed by atoms with van der Waals surface area (Å²) < 4.78 is 22.2. The van der Waals surface area contributed by atoms with Gasteiger partial charge in [0, 0.05) is 22.9 Å². The molecular weight excluding hydrogens is 394 g/mol. The number of rotatable bonds is 9. The molecule has 0 bridgehead atoms. The number of benzene rings is 3. The van der Waals surface area contributed by atoms with Crippen LogP contribution in [0.3, 0.4) is 0 Å². The van der Waals surface area contributed by atoms with Crippen molar-refractivity contribution in [3.63, 3.8) is 0 Å². The third kappa shape index (κ3) is 5.48. The molecule has 1 amide bonds. The maximum atomic E-state index is 12.9. The Balaban J connectivity index is 1.80. The van der Waals surface area contributed by atoms with Crippen LogP contribution in [0, 0.1) is 6.92 Å². The molecule has 0 unspecified atom stereocenters. The van der Waals surface area contributed by atoms with Crippen LogP contribution in [-0.2, 0) is 6.61 Å². The first-order valence-corrected chi connectivity index (χ1v) is 10.0. The van der Waals surface area contributed by atoms with E-state index < -0.39 is 0 Å². The van der Waals surface area contributed by atoms with Crippen LogP contribution in [0.2, 0.25) is 0 Å². The number of carbonyl (C=O) groups excluding carboxylic acids is 1. The number of anilines is 1. The van der Waals surface area contributed by atoms with E-state index in [2.05, 4.69) is 5.32 Å². The van der Waals surface area contributed by atoms with Gasteiger partial charge in [-0.3, -0.25) is 4.79 Å². The van der Waals surface area contributed by atoms with Gasteiger partial charge in [-0.25, -0.2) is 0 Å². The first kappa shape index (κ1) is 22.0. The Bertz CT molecular complexity index is 1050. The van der Waals surface area contributed by atoms with Crippen LogP contribution in [0.1, 0.15) is 28.4 Å². The summed E-state index contributed by atoms with van der Waals surface area (Å²) in [6.45, 7) is 4.72. The molecule has 3 aromatic carbocycles. The van der Waals surface area contributed by atoms with Gasteiger partial charge in [0.25, 0.3) is 5.91 Å². The zero-order chi connectivity index (χ0) is 22.2. The number of methoxy groups -OCH3 is 2. The van der Waals surface area contributed by atoms with Crippen molar-refractivity contribution < 1.29 is 23.7 Å². The predicted molar refractivity (Wildman–Crippen MR) is 121 cm³/mol. The van der Waals surface area contributed by atoms with Crippen molar-refractivity contribution in [3.8, 4) is 23.0 Å². The standard InChI is InChI=1S/C25H27NO5/c1-5-30-22-12-10-18(14-19(22)16-31-21-9-7-6-8-17(21)2)25(27)26-20-11-13-23(28-3)24(15-20)29-4/h6-15H,5,16H2,1-4H3,(H,26,27). The van der Waals surface area contributed by atoms with Crippen LogP contribution in [0.15, 0.2) is 60.7 Å². The van der Waals surface area contributed by atoms with Crippen molar-refractivity contribution in [3.05, 3.63) is 77.4 Å². The van der Waals surface area contributed by atoms with E-state index in [1.165, 1.54) is 0 Å². The van der Waals surface area contributed by atoms with Gasteiger partial charge in [-0.1, -0.05) is 18.2 Å². The number of hydrogen-bond donors (Lipinski definition) is 1. The van der Waals surface area contributed by atoms with Gasteiger partial charge in [0.05, 0.1) is 20.8 Å². The second-order valence-electron chi connectivity index (χ2n) is 6.83. The van der Waals surface area contributed by atoms with Crippen LogP contribution in [0.5, 0.6) is 23.0 Å². The monoisotopic (exact) mass is 421 g/mol. The molecule has 0 atom stereocenters. The fourth-order valence-corrected chi connectivity index (χ4v) is 3.12. The Morgan fingerprint density at radius 1 is 0.839 bits per heavy atom. The molecule has 6 nitrogen and oxygen atoms in total. The first-order chi connectivity index (χ1) is 15.0. The third-order valence-corrected chi connectivity index (χ3v) is 4.74. The van der Waals surface area contributed by atoms with Gasteiger partial charge in [0.15, 0.2) is 11.5 Å². The third-order valence-electron chi connectivity index (χ3n) is 4.74. The highest BCUT2D eigenvalue weighted by molar-refractivity contribution is 6.04. The minimum absolute atomic E-state index is 0.243. The molecule has 0 saturated heterocycles. The van der Waals surface area contributed by atoms with Crippen LogP contribution >= 0.6 is 0 Å². The number of hydrogen-bond acceptors (Lipinski definition) is 5. The molecule has 0 spiro atoms. The second kappa shape index (κ2) is 10.4. The average Bonchev–Trinajstić information content (AvgIpc) is 2.79. The van der Waals surface area contributed by atoms with Crippen LogP contribution in [-0.4, -0.2) is 26.7 Å². The van der Waals surface area contributed by atoms with E-state index in [1.54, 1.807) is 50.6 Å². The quantitative estimate of drug-likeness (QED) is 0.512. The Kier molecular flexibility index (Phi) is 7.38. The summed E-state index contributed by atoms with van der Waals surface area (Å²) in [7, 11) is 3.12. The summed E-state index contributed by atoms with van der Waals surface area (Å²) in [6.07, 6.45) is 0. The van der Waals surface area contributed by atoms with Crippen molar-refractivity contribution in [1.82, 2.24) is 0 Å². The second-order valence-corrected chi connectivity index (χ2v) is 6.83. The normalized spacial score (nSPS) is 10.3. The fourth-order valence-electron chi connectivity index (χ4n) is 3.12. The molecule has 0 radical (unpaired) electrons. The number of amides is 1. The summed E-state index contributed by atoms with van der Waals surface area (Å²) in [4.78, 5) is 12.9. The Morgan fingerprint density at radius 2 is 1.58 bits per heavy atom. The van der Waals surface area contributed by atoms with Crippen molar-refractivity contribution in [1.29, 1.82) is 0 Å². The molecule has 0 aliphatic heterocycles. The fraction of sp³-hybridized carbons (Fsp3) is 0.240. The van der Waals surface area contributed by atoms with E-state index in [-0.39, 0.29) is 12.5 Å². The zero-order valence-electron chi connectivity index (χ0n) is 18.2. The van der Waals surface area contributed by atoms with Gasteiger partial charge in [-0.05, 0) is 55.8 Å². The van der Waals surface area contributed by atoms with Gasteiger partial charge in [-0.15, -0.1) is 0 Å². The molecule has 0 heterocycles. The summed E-state index contributed by atoms with van der Waals surface area (Å²) >= 11 is 0. The van der Waals surface area contributed by atoms with Crippen LogP contribution < -0.4 is 24.3 Å². The van der Waals surface area contributed by atoms with E-state index in [1.807, 2.05) is 38.1 Å². The molecule has 3 aromatic rings. The highest BCUT2D eigenvalue weighted by Crippen LogP contribution is 2.30. The molecule has 0 aliphatic rings. The SMILES string of the molecule is CCOc1ccc(C(=O)Nc2ccc(OC)c(OC)c2)cc1COc1ccccc1C. The van der Waals surface area contributed by atoms with Crippen molar-refractivity contribution >= 4 is 11.6 Å². The lowest BCUT2D eigenvalue weighted by molar-refractivity contribution is 0.102. The summed E-state index contributed by atoms with van der Waals surface area (Å²) in [6, 6.07) is 18.3. The number of para-hydroxylation sites is 1. The molecule has 0 fully saturated rings. The lowest BCUT2D eigenvalue weighted by Gasteiger charge is -2.15. The molecule has 0 saturated carbocycles. The summed E-state index contributed by atoms with van der Waals surface area (Å²) in [5.74, 6) is 2.38. The highest BCUT2D eigenvalue weighted by Gasteiger charge is 2.13. The number of nitrogens with one attached hydrogen (secondary N) is 1. The van der Waals surface area contributed by atoms with Gasteiger partial charge < -0.3 is 24.3 Å². The van der Waals surface area contributed by atoms with Gasteiger partial charge >= 0.3 is 0 Å². The molecule has 0 aliphatic carbocycles. The van der Waals surface area contributed by atoms with Crippen molar-refractivity contribution in [2.75, 3.05) is 26.1 Å². The Labute approximate surface area is 182 Å². The van der Waals surface area contributed by atoms with E-state index in [9.17, 15) is 4.79 Å². The number of ether oxygens (including phenoxy) is 4. The minimum Gasteiger partial charge on any atom is -0.493 e. The Morgan fingerprint density at radius 3 is 2.29 bits per heavy atom. The molecule has 3 rings (SSSR count). The van der Waals surface area contributed by atoms with Crippen LogP contribution in [0.25, 0.3) is 0 Å². The average molecular weight is 421 g/mol. The molecule has 162 valence electrons. The first-order valence-electron chi connectivity index (χ1n) is 10.0. The number of aryl methyl sites for hydroxylation is 1. The topological polar surface area (TPSA) is 66.0 Å². The highest BCUT2D eigenvalue weighted by atomic mass is 16.5. The summed E-state index contributed by atoms with van der Waals surface area (Å²) in [5.41, 5.74) is 2.95. The zero-order valence-corrected chi connectivity index (χ0v) is 18.2. The van der Waals surface area contributed by atoms with Gasteiger partial charge in [0.1, 0.15) is 18.1 Å². The molecule has 6 heteroatoms. The largest absolute Gasteiger partial charge is 0.493 e. The lowest BCUT2D eigenvalue weighted by atomic mass is 10.1. The van der Waals surface area contributed by atoms with Crippen molar-refractivity contribution in [2.24, 2.45) is 0 Å². The van der Waals surface area contributed by atoms with Gasteiger partial charge in [0.2, 0.25) is 0 Å². The Hall–Kier alpha value is -3.67. The summed E-state index contributed by atoms with van der Waals surface area (Å²) in [5, 5.41) is 2.89. The van der Waals surface area contributed by atoms with E-state index in [4.69, 9.17) is 18.9 Å². The molecular formula is C25H27NO5. The maximum Gasteiger partial charge on any atom is 0.255 e. The minimum atomic E-state index is -0.243. The molecule has 31 heavy (non-hydrogen) atoms.